The van der Waals surface area contributed by atoms with Crippen molar-refractivity contribution in [1.29, 1.82) is 0 Å². The zero-order chi connectivity index (χ0) is 19.5. The SMILES string of the molecule is C=CCOc1ccc(/C=c2\sc3nc(-c4ccncc4)nn3c2=O)cc1OC. The van der Waals surface area contributed by atoms with Crippen LogP contribution in [0, 0.1) is 0 Å². The van der Waals surface area contributed by atoms with Gasteiger partial charge in [0.1, 0.15) is 6.61 Å². The van der Waals surface area contributed by atoms with E-state index in [4.69, 9.17) is 9.47 Å². The second-order valence-corrected chi connectivity index (χ2v) is 6.80. The first kappa shape index (κ1) is 17.9. The molecule has 0 bridgehead atoms. The molecule has 0 radical (unpaired) electrons. The van der Waals surface area contributed by atoms with E-state index in [1.165, 1.54) is 15.9 Å². The van der Waals surface area contributed by atoms with Crippen molar-refractivity contribution >= 4 is 22.4 Å². The summed E-state index contributed by atoms with van der Waals surface area (Å²) in [5, 5.41) is 4.33. The maximum absolute atomic E-state index is 12.7. The molecular formula is C20H16N4O3S. The van der Waals surface area contributed by atoms with Crippen LogP contribution in [0.3, 0.4) is 0 Å². The lowest BCUT2D eigenvalue weighted by Gasteiger charge is -2.09. The van der Waals surface area contributed by atoms with Gasteiger partial charge >= 0.3 is 0 Å². The lowest BCUT2D eigenvalue weighted by atomic mass is 10.2. The molecule has 3 aromatic heterocycles. The highest BCUT2D eigenvalue weighted by Gasteiger charge is 2.12. The Labute approximate surface area is 164 Å². The number of fused-ring (bicyclic) bond motifs is 1. The summed E-state index contributed by atoms with van der Waals surface area (Å²) in [6.45, 7) is 4.02. The van der Waals surface area contributed by atoms with Crippen LogP contribution in [-0.2, 0) is 0 Å². The van der Waals surface area contributed by atoms with Gasteiger partial charge in [-0.05, 0) is 35.9 Å². The number of aromatic nitrogens is 4. The standard InChI is InChI=1S/C20H16N4O3S/c1-3-10-27-15-5-4-13(11-16(15)26-2)12-17-19(25)24-20(28-17)22-18(23-24)14-6-8-21-9-7-14/h3-9,11-12H,1,10H2,2H3/b17-12-. The molecule has 0 amide bonds. The molecule has 0 aliphatic rings. The molecular weight excluding hydrogens is 376 g/mol. The van der Waals surface area contributed by atoms with E-state index in [9.17, 15) is 4.79 Å². The largest absolute Gasteiger partial charge is 0.493 e. The fraction of sp³-hybridized carbons (Fsp3) is 0.100. The number of pyridine rings is 1. The van der Waals surface area contributed by atoms with Crippen LogP contribution in [0.4, 0.5) is 0 Å². The van der Waals surface area contributed by atoms with Gasteiger partial charge in [0.15, 0.2) is 17.3 Å². The highest BCUT2D eigenvalue weighted by Crippen LogP contribution is 2.28. The third-order valence-electron chi connectivity index (χ3n) is 3.96. The van der Waals surface area contributed by atoms with Gasteiger partial charge in [-0.15, -0.1) is 5.10 Å². The van der Waals surface area contributed by atoms with Crippen LogP contribution >= 0.6 is 11.3 Å². The van der Waals surface area contributed by atoms with E-state index in [1.54, 1.807) is 49.9 Å². The third-order valence-corrected chi connectivity index (χ3v) is 4.92. The Morgan fingerprint density at radius 2 is 2.04 bits per heavy atom. The van der Waals surface area contributed by atoms with Crippen LogP contribution in [0.25, 0.3) is 22.4 Å². The molecule has 4 aromatic rings. The first-order chi connectivity index (χ1) is 13.7. The Morgan fingerprint density at radius 3 is 2.75 bits per heavy atom. The second-order valence-electron chi connectivity index (χ2n) is 5.79. The molecule has 0 saturated carbocycles. The maximum atomic E-state index is 12.7. The highest BCUT2D eigenvalue weighted by atomic mass is 32.1. The van der Waals surface area contributed by atoms with Crippen LogP contribution in [0.2, 0.25) is 0 Å². The van der Waals surface area contributed by atoms with Crippen LogP contribution in [0.5, 0.6) is 11.5 Å². The van der Waals surface area contributed by atoms with Gasteiger partial charge in [0, 0.05) is 18.0 Å². The molecule has 0 atom stereocenters. The summed E-state index contributed by atoms with van der Waals surface area (Å²) in [5.74, 6) is 1.71. The van der Waals surface area contributed by atoms with E-state index < -0.39 is 0 Å². The first-order valence-electron chi connectivity index (χ1n) is 8.43. The average Bonchev–Trinajstić information content (AvgIpc) is 3.27. The van der Waals surface area contributed by atoms with Crippen LogP contribution in [0.15, 0.2) is 60.2 Å². The van der Waals surface area contributed by atoms with E-state index in [-0.39, 0.29) is 5.56 Å². The number of methoxy groups -OCH3 is 1. The Bertz CT molecular complexity index is 1250. The van der Waals surface area contributed by atoms with Crippen molar-refractivity contribution in [3.8, 4) is 22.9 Å². The molecule has 0 aliphatic heterocycles. The molecule has 0 N–H and O–H groups in total. The highest BCUT2D eigenvalue weighted by molar-refractivity contribution is 7.15. The van der Waals surface area contributed by atoms with E-state index in [0.717, 1.165) is 11.1 Å². The third kappa shape index (κ3) is 3.37. The van der Waals surface area contributed by atoms with Crippen LogP contribution < -0.4 is 19.6 Å². The number of hydrogen-bond donors (Lipinski definition) is 0. The summed E-state index contributed by atoms with van der Waals surface area (Å²) < 4.78 is 12.8. The van der Waals surface area contributed by atoms with Crippen LogP contribution in [0.1, 0.15) is 5.56 Å². The number of thiazole rings is 1. The molecule has 28 heavy (non-hydrogen) atoms. The normalized spacial score (nSPS) is 11.7. The van der Waals surface area contributed by atoms with E-state index in [1.807, 2.05) is 12.1 Å². The summed E-state index contributed by atoms with van der Waals surface area (Å²) in [4.78, 5) is 21.7. The summed E-state index contributed by atoms with van der Waals surface area (Å²) in [6.07, 6.45) is 6.78. The number of ether oxygens (including phenoxy) is 2. The zero-order valence-electron chi connectivity index (χ0n) is 15.0. The molecule has 3 heterocycles. The van der Waals surface area contributed by atoms with Crippen molar-refractivity contribution < 1.29 is 9.47 Å². The minimum Gasteiger partial charge on any atom is -0.493 e. The molecule has 140 valence electrons. The predicted octanol–water partition coefficient (Wildman–Crippen LogP) is 2.33. The van der Waals surface area contributed by atoms with E-state index in [2.05, 4.69) is 21.6 Å². The van der Waals surface area contributed by atoms with Gasteiger partial charge in [0.25, 0.3) is 5.56 Å². The van der Waals surface area contributed by atoms with Gasteiger partial charge in [-0.2, -0.15) is 9.50 Å². The predicted molar refractivity (Wildman–Crippen MR) is 108 cm³/mol. The van der Waals surface area contributed by atoms with Crippen molar-refractivity contribution in [3.63, 3.8) is 0 Å². The quantitative estimate of drug-likeness (QED) is 0.469. The Kier molecular flexibility index (Phi) is 4.86. The van der Waals surface area contributed by atoms with Crippen molar-refractivity contribution in [2.75, 3.05) is 13.7 Å². The van der Waals surface area contributed by atoms with Gasteiger partial charge in [-0.25, -0.2) is 0 Å². The molecule has 7 nitrogen and oxygen atoms in total. The van der Waals surface area contributed by atoms with Gasteiger partial charge in [0.05, 0.1) is 11.6 Å². The van der Waals surface area contributed by atoms with Gasteiger partial charge < -0.3 is 9.47 Å². The van der Waals surface area contributed by atoms with E-state index >= 15 is 0 Å². The summed E-state index contributed by atoms with van der Waals surface area (Å²) in [6, 6.07) is 9.09. The Hall–Kier alpha value is -3.52. The lowest BCUT2D eigenvalue weighted by Crippen LogP contribution is -2.23. The van der Waals surface area contributed by atoms with Crippen LogP contribution in [-0.4, -0.2) is 33.3 Å². The fourth-order valence-electron chi connectivity index (χ4n) is 2.65. The second kappa shape index (κ2) is 7.61. The average molecular weight is 392 g/mol. The minimum atomic E-state index is -0.209. The molecule has 0 fully saturated rings. The first-order valence-corrected chi connectivity index (χ1v) is 9.24. The van der Waals surface area contributed by atoms with Crippen molar-refractivity contribution in [2.24, 2.45) is 0 Å². The van der Waals surface area contributed by atoms with Gasteiger partial charge in [-0.1, -0.05) is 30.1 Å². The fourth-order valence-corrected chi connectivity index (χ4v) is 3.56. The smallest absolute Gasteiger partial charge is 0.291 e. The topological polar surface area (TPSA) is 78.6 Å². The number of benzene rings is 1. The summed E-state index contributed by atoms with van der Waals surface area (Å²) >= 11 is 1.29. The molecule has 0 spiro atoms. The Balaban J connectivity index is 1.72. The molecule has 0 aliphatic carbocycles. The maximum Gasteiger partial charge on any atom is 0.291 e. The summed E-state index contributed by atoms with van der Waals surface area (Å²) in [7, 11) is 1.57. The summed E-state index contributed by atoms with van der Waals surface area (Å²) in [5.41, 5.74) is 1.42. The Morgan fingerprint density at radius 1 is 1.21 bits per heavy atom. The molecule has 0 unspecified atom stereocenters. The van der Waals surface area contributed by atoms with E-state index in [0.29, 0.717) is 33.4 Å². The molecule has 0 saturated heterocycles. The molecule has 4 rings (SSSR count). The number of nitrogens with zero attached hydrogens (tertiary/aromatic N) is 4. The minimum absolute atomic E-state index is 0.209. The monoisotopic (exact) mass is 392 g/mol. The van der Waals surface area contributed by atoms with Crippen molar-refractivity contribution in [1.82, 2.24) is 19.6 Å². The number of hydrogen-bond acceptors (Lipinski definition) is 7. The van der Waals surface area contributed by atoms with Gasteiger partial charge in [-0.3, -0.25) is 9.78 Å². The van der Waals surface area contributed by atoms with Crippen molar-refractivity contribution in [2.45, 2.75) is 0 Å². The van der Waals surface area contributed by atoms with Crippen molar-refractivity contribution in [3.05, 3.63) is 75.8 Å². The molecule has 1 aromatic carbocycles. The lowest BCUT2D eigenvalue weighted by molar-refractivity contribution is 0.326. The zero-order valence-corrected chi connectivity index (χ0v) is 15.8. The molecule has 8 heteroatoms. The number of rotatable bonds is 6. The van der Waals surface area contributed by atoms with Gasteiger partial charge in [0.2, 0.25) is 4.96 Å².